The van der Waals surface area contributed by atoms with Crippen molar-refractivity contribution < 1.29 is 0 Å². The Morgan fingerprint density at radius 3 is 1.20 bits per heavy atom. The molecule has 0 N–H and O–H groups in total. The Kier molecular flexibility index (Phi) is 6.90. The van der Waals surface area contributed by atoms with Crippen LogP contribution in [0.3, 0.4) is 0 Å². The van der Waals surface area contributed by atoms with E-state index >= 15 is 0 Å². The third-order valence-corrected chi connectivity index (χ3v) is 11.1. The van der Waals surface area contributed by atoms with E-state index < -0.39 is 0 Å². The number of para-hydroxylation sites is 2. The van der Waals surface area contributed by atoms with E-state index in [4.69, 9.17) is 0 Å². The molecule has 2 nitrogen and oxygen atoms in total. The molecule has 2 heteroatoms. The number of benzene rings is 9. The van der Waals surface area contributed by atoms with Crippen molar-refractivity contribution in [1.29, 1.82) is 0 Å². The van der Waals surface area contributed by atoms with Crippen LogP contribution >= 0.6 is 0 Å². The van der Waals surface area contributed by atoms with Gasteiger partial charge < -0.3 is 9.13 Å². The van der Waals surface area contributed by atoms with E-state index in [1.54, 1.807) is 0 Å². The van der Waals surface area contributed by atoms with Crippen LogP contribution in [0, 0.1) is 0 Å². The van der Waals surface area contributed by atoms with Crippen molar-refractivity contribution in [1.82, 2.24) is 9.13 Å². The fourth-order valence-corrected chi connectivity index (χ4v) is 8.49. The second kappa shape index (κ2) is 12.2. The molecule has 0 aliphatic rings. The first-order valence-electron chi connectivity index (χ1n) is 18.6. The van der Waals surface area contributed by atoms with Gasteiger partial charge in [-0.25, -0.2) is 0 Å². The van der Waals surface area contributed by atoms with Gasteiger partial charge in [-0.2, -0.15) is 0 Å². The van der Waals surface area contributed by atoms with Crippen LogP contribution in [-0.4, -0.2) is 9.13 Å². The van der Waals surface area contributed by atoms with Crippen molar-refractivity contribution >= 4 is 54.4 Å². The normalized spacial score (nSPS) is 11.7. The minimum Gasteiger partial charge on any atom is -0.309 e. The van der Waals surface area contributed by atoms with Crippen LogP contribution in [-0.2, 0) is 0 Å². The van der Waals surface area contributed by atoms with Crippen molar-refractivity contribution in [2.45, 2.75) is 0 Å². The topological polar surface area (TPSA) is 9.86 Å². The Hall–Kier alpha value is -7.16. The SMILES string of the molecule is c1ccc(-c2cc(-c3ccccc3)cc(-c3ccc(-n4c5ccccc5c5cc6c(cc54)c4ccccc4n6-c4ccc5ccccc5c4)cc3)c2)cc1. The van der Waals surface area contributed by atoms with Crippen LogP contribution in [0.4, 0.5) is 0 Å². The van der Waals surface area contributed by atoms with E-state index in [0.717, 1.165) is 5.69 Å². The molecule has 0 radical (unpaired) electrons. The summed E-state index contributed by atoms with van der Waals surface area (Å²) in [7, 11) is 0. The summed E-state index contributed by atoms with van der Waals surface area (Å²) in [6.45, 7) is 0. The molecule has 0 spiro atoms. The molecule has 0 aliphatic carbocycles. The third kappa shape index (κ3) is 4.88. The van der Waals surface area contributed by atoms with E-state index in [1.807, 2.05) is 0 Å². The Morgan fingerprint density at radius 2 is 0.648 bits per heavy atom. The van der Waals surface area contributed by atoms with Crippen molar-refractivity contribution in [3.63, 3.8) is 0 Å². The largest absolute Gasteiger partial charge is 0.309 e. The highest BCUT2D eigenvalue weighted by molar-refractivity contribution is 6.19. The van der Waals surface area contributed by atoms with Crippen molar-refractivity contribution in [3.05, 3.63) is 206 Å². The zero-order valence-corrected chi connectivity index (χ0v) is 29.5. The van der Waals surface area contributed by atoms with Crippen LogP contribution in [0.2, 0.25) is 0 Å². The molecule has 0 fully saturated rings. The summed E-state index contributed by atoms with van der Waals surface area (Å²) in [5.41, 5.74) is 14.4. The molecular weight excluding hydrogens is 653 g/mol. The second-order valence-corrected chi connectivity index (χ2v) is 14.2. The Labute approximate surface area is 313 Å². The number of hydrogen-bond donors (Lipinski definition) is 0. The molecule has 0 aliphatic heterocycles. The second-order valence-electron chi connectivity index (χ2n) is 14.2. The number of hydrogen-bond acceptors (Lipinski definition) is 0. The molecule has 9 aromatic carbocycles. The molecule has 252 valence electrons. The molecule has 0 bridgehead atoms. The van der Waals surface area contributed by atoms with E-state index in [0.29, 0.717) is 0 Å². The quantitative estimate of drug-likeness (QED) is 0.171. The first-order valence-corrected chi connectivity index (χ1v) is 18.6. The lowest BCUT2D eigenvalue weighted by Gasteiger charge is -2.13. The fourth-order valence-electron chi connectivity index (χ4n) is 8.49. The Bertz CT molecular complexity index is 3130. The van der Waals surface area contributed by atoms with Crippen molar-refractivity contribution in [3.8, 4) is 44.8 Å². The monoisotopic (exact) mass is 686 g/mol. The molecule has 0 saturated heterocycles. The lowest BCUT2D eigenvalue weighted by atomic mass is 9.93. The highest BCUT2D eigenvalue weighted by Gasteiger charge is 2.19. The number of rotatable bonds is 5. The predicted molar refractivity (Wildman–Crippen MR) is 229 cm³/mol. The van der Waals surface area contributed by atoms with Crippen molar-refractivity contribution in [2.75, 3.05) is 0 Å². The number of fused-ring (bicyclic) bond motifs is 7. The van der Waals surface area contributed by atoms with Crippen LogP contribution < -0.4 is 0 Å². The summed E-state index contributed by atoms with van der Waals surface area (Å²) in [5, 5.41) is 7.48. The first kappa shape index (κ1) is 30.5. The smallest absolute Gasteiger partial charge is 0.0548 e. The highest BCUT2D eigenvalue weighted by atomic mass is 15.0. The van der Waals surface area contributed by atoms with Gasteiger partial charge in [0.15, 0.2) is 0 Å². The minimum absolute atomic E-state index is 1.14. The molecular formula is C52H34N2. The van der Waals surface area contributed by atoms with Gasteiger partial charge in [-0.3, -0.25) is 0 Å². The van der Waals surface area contributed by atoms with E-state index in [9.17, 15) is 0 Å². The van der Waals surface area contributed by atoms with Gasteiger partial charge in [-0.05, 0) is 111 Å². The Morgan fingerprint density at radius 1 is 0.222 bits per heavy atom. The van der Waals surface area contributed by atoms with Gasteiger partial charge in [-0.15, -0.1) is 0 Å². The van der Waals surface area contributed by atoms with Crippen LogP contribution in [0.5, 0.6) is 0 Å². The maximum absolute atomic E-state index is 2.44. The summed E-state index contributed by atoms with van der Waals surface area (Å²) in [6, 6.07) is 75.3. The van der Waals surface area contributed by atoms with Crippen LogP contribution in [0.1, 0.15) is 0 Å². The van der Waals surface area contributed by atoms with Gasteiger partial charge in [0.25, 0.3) is 0 Å². The molecule has 2 aromatic heterocycles. The highest BCUT2D eigenvalue weighted by Crippen LogP contribution is 2.40. The van der Waals surface area contributed by atoms with E-state index in [2.05, 4.69) is 215 Å². The number of nitrogens with zero attached hydrogens (tertiary/aromatic N) is 2. The van der Waals surface area contributed by atoms with Gasteiger partial charge in [-0.1, -0.05) is 140 Å². The molecule has 0 amide bonds. The van der Waals surface area contributed by atoms with Gasteiger partial charge in [0.1, 0.15) is 0 Å². The fraction of sp³-hybridized carbons (Fsp3) is 0. The standard InChI is InChI=1S/C52H34N2/c1-3-13-35(14-4-1)40-29-41(36-15-5-2-6-16-36)31-42(30-40)38-23-26-43(27-24-38)53-49-21-11-9-19-45(49)47-34-52-48(33-51(47)53)46-20-10-12-22-50(46)54(52)44-28-25-37-17-7-8-18-39(37)32-44/h1-34H. The number of aromatic nitrogens is 2. The molecule has 2 heterocycles. The first-order chi connectivity index (χ1) is 26.8. The lowest BCUT2D eigenvalue weighted by molar-refractivity contribution is 1.18. The predicted octanol–water partition coefficient (Wildman–Crippen LogP) is 14.0. The van der Waals surface area contributed by atoms with Gasteiger partial charge in [0, 0.05) is 32.9 Å². The van der Waals surface area contributed by atoms with Crippen LogP contribution in [0.15, 0.2) is 206 Å². The molecule has 0 saturated carbocycles. The van der Waals surface area contributed by atoms with E-state index in [-0.39, 0.29) is 0 Å². The molecule has 11 rings (SSSR count). The molecule has 11 aromatic rings. The molecule has 0 atom stereocenters. The molecule has 54 heavy (non-hydrogen) atoms. The summed E-state index contributed by atoms with van der Waals surface area (Å²) in [6.07, 6.45) is 0. The zero-order valence-electron chi connectivity index (χ0n) is 29.5. The average molecular weight is 687 g/mol. The van der Waals surface area contributed by atoms with Gasteiger partial charge in [0.05, 0.1) is 22.1 Å². The lowest BCUT2D eigenvalue weighted by Crippen LogP contribution is -1.95. The maximum Gasteiger partial charge on any atom is 0.0548 e. The maximum atomic E-state index is 2.44. The molecule has 0 unspecified atom stereocenters. The van der Waals surface area contributed by atoms with Crippen molar-refractivity contribution in [2.24, 2.45) is 0 Å². The summed E-state index contributed by atoms with van der Waals surface area (Å²) >= 11 is 0. The average Bonchev–Trinajstić information content (AvgIpc) is 3.75. The van der Waals surface area contributed by atoms with E-state index in [1.165, 1.54) is 93.5 Å². The summed E-state index contributed by atoms with van der Waals surface area (Å²) in [4.78, 5) is 0. The van der Waals surface area contributed by atoms with Gasteiger partial charge >= 0.3 is 0 Å². The summed E-state index contributed by atoms with van der Waals surface area (Å²) < 4.78 is 4.87. The zero-order chi connectivity index (χ0) is 35.6. The third-order valence-electron chi connectivity index (χ3n) is 11.1. The minimum atomic E-state index is 1.14. The van der Waals surface area contributed by atoms with Gasteiger partial charge in [0.2, 0.25) is 0 Å². The van der Waals surface area contributed by atoms with Crippen LogP contribution in [0.25, 0.3) is 99.1 Å². The summed E-state index contributed by atoms with van der Waals surface area (Å²) in [5.74, 6) is 0. The Balaban J connectivity index is 1.09.